The lowest BCUT2D eigenvalue weighted by molar-refractivity contribution is -0.125. The summed E-state index contributed by atoms with van der Waals surface area (Å²) in [5.74, 6) is 1.70. The molecule has 0 aliphatic heterocycles. The third-order valence-corrected chi connectivity index (χ3v) is 3.93. The van der Waals surface area contributed by atoms with Crippen molar-refractivity contribution in [3.05, 3.63) is 41.8 Å². The highest BCUT2D eigenvalue weighted by Gasteiger charge is 2.15. The van der Waals surface area contributed by atoms with Gasteiger partial charge in [-0.3, -0.25) is 4.79 Å². The molecule has 0 aliphatic carbocycles. The number of amides is 1. The summed E-state index contributed by atoms with van der Waals surface area (Å²) in [6.45, 7) is 6.59. The Bertz CT molecular complexity index is 601. The Hall–Kier alpha value is -2.10. The Morgan fingerprint density at radius 3 is 2.55 bits per heavy atom. The molecule has 0 fully saturated rings. The fraction of sp³-hybridized carbons (Fsp3) is 0.444. The van der Waals surface area contributed by atoms with Gasteiger partial charge in [0.25, 0.3) is 0 Å². The minimum Gasteiger partial charge on any atom is -0.441 e. The SMILES string of the molecule is CCC(CC)C(=O)NCCc1nc(-c2ccccc2)oc1C. The average molecular weight is 300 g/mol. The van der Waals surface area contributed by atoms with E-state index in [0.29, 0.717) is 18.9 Å². The first-order chi connectivity index (χ1) is 10.7. The van der Waals surface area contributed by atoms with Crippen LogP contribution >= 0.6 is 0 Å². The van der Waals surface area contributed by atoms with E-state index in [1.54, 1.807) is 0 Å². The molecule has 1 heterocycles. The number of aromatic nitrogens is 1. The van der Waals surface area contributed by atoms with E-state index in [1.807, 2.05) is 51.1 Å². The quantitative estimate of drug-likeness (QED) is 0.847. The lowest BCUT2D eigenvalue weighted by atomic mass is 10.0. The van der Waals surface area contributed by atoms with Gasteiger partial charge >= 0.3 is 0 Å². The second-order valence-corrected chi connectivity index (χ2v) is 5.44. The number of rotatable bonds is 7. The van der Waals surface area contributed by atoms with E-state index < -0.39 is 0 Å². The highest BCUT2D eigenvalue weighted by molar-refractivity contribution is 5.78. The van der Waals surface area contributed by atoms with Crippen molar-refractivity contribution >= 4 is 5.91 Å². The smallest absolute Gasteiger partial charge is 0.226 e. The van der Waals surface area contributed by atoms with Crippen molar-refractivity contribution in [1.82, 2.24) is 10.3 Å². The van der Waals surface area contributed by atoms with Gasteiger partial charge in [-0.1, -0.05) is 32.0 Å². The molecule has 0 saturated heterocycles. The zero-order chi connectivity index (χ0) is 15.9. The molecule has 0 spiro atoms. The van der Waals surface area contributed by atoms with E-state index in [9.17, 15) is 4.79 Å². The van der Waals surface area contributed by atoms with Gasteiger partial charge in [-0.2, -0.15) is 0 Å². The van der Waals surface area contributed by atoms with Gasteiger partial charge in [-0.15, -0.1) is 0 Å². The number of oxazole rings is 1. The lowest BCUT2D eigenvalue weighted by Gasteiger charge is -2.12. The van der Waals surface area contributed by atoms with Crippen LogP contribution in [0.4, 0.5) is 0 Å². The summed E-state index contributed by atoms with van der Waals surface area (Å²) in [6.07, 6.45) is 2.45. The number of nitrogens with zero attached hydrogens (tertiary/aromatic N) is 1. The molecule has 4 heteroatoms. The van der Waals surface area contributed by atoms with Crippen molar-refractivity contribution in [2.24, 2.45) is 5.92 Å². The van der Waals surface area contributed by atoms with E-state index in [0.717, 1.165) is 29.9 Å². The van der Waals surface area contributed by atoms with Crippen molar-refractivity contribution in [2.75, 3.05) is 6.54 Å². The van der Waals surface area contributed by atoms with Gasteiger partial charge in [0.15, 0.2) is 0 Å². The molecule has 2 rings (SSSR count). The number of nitrogens with one attached hydrogen (secondary N) is 1. The zero-order valence-electron chi connectivity index (χ0n) is 13.6. The van der Waals surface area contributed by atoms with Gasteiger partial charge in [0.05, 0.1) is 5.69 Å². The summed E-state index contributed by atoms with van der Waals surface area (Å²) in [4.78, 5) is 16.5. The fourth-order valence-corrected chi connectivity index (χ4v) is 2.47. The molecular formula is C18H24N2O2. The van der Waals surface area contributed by atoms with E-state index in [2.05, 4.69) is 10.3 Å². The number of benzene rings is 1. The minimum atomic E-state index is 0.110. The second-order valence-electron chi connectivity index (χ2n) is 5.44. The summed E-state index contributed by atoms with van der Waals surface area (Å²) in [6, 6.07) is 9.84. The fourth-order valence-electron chi connectivity index (χ4n) is 2.47. The maximum Gasteiger partial charge on any atom is 0.226 e. The molecule has 0 bridgehead atoms. The molecule has 0 radical (unpaired) electrons. The van der Waals surface area contributed by atoms with Crippen LogP contribution in [0.3, 0.4) is 0 Å². The predicted octanol–water partition coefficient (Wildman–Crippen LogP) is 3.74. The van der Waals surface area contributed by atoms with Crippen LogP contribution in [0.5, 0.6) is 0 Å². The van der Waals surface area contributed by atoms with Crippen LogP contribution in [-0.4, -0.2) is 17.4 Å². The van der Waals surface area contributed by atoms with Gasteiger partial charge < -0.3 is 9.73 Å². The highest BCUT2D eigenvalue weighted by Crippen LogP contribution is 2.21. The Labute approximate surface area is 131 Å². The van der Waals surface area contributed by atoms with Gasteiger partial charge in [0.2, 0.25) is 11.8 Å². The number of hydrogen-bond donors (Lipinski definition) is 1. The van der Waals surface area contributed by atoms with Crippen LogP contribution in [0.1, 0.15) is 38.1 Å². The Kier molecular flexibility index (Phi) is 5.75. The van der Waals surface area contributed by atoms with Crippen LogP contribution in [0.2, 0.25) is 0 Å². The average Bonchev–Trinajstić information content (AvgIpc) is 2.91. The summed E-state index contributed by atoms with van der Waals surface area (Å²) >= 11 is 0. The third-order valence-electron chi connectivity index (χ3n) is 3.93. The normalized spacial score (nSPS) is 10.9. The number of carbonyl (C=O) groups excluding carboxylic acids is 1. The van der Waals surface area contributed by atoms with Gasteiger partial charge in [-0.05, 0) is 31.9 Å². The van der Waals surface area contributed by atoms with E-state index >= 15 is 0 Å². The summed E-state index contributed by atoms with van der Waals surface area (Å²) in [5, 5.41) is 2.99. The van der Waals surface area contributed by atoms with Crippen molar-refractivity contribution in [2.45, 2.75) is 40.0 Å². The van der Waals surface area contributed by atoms with E-state index in [-0.39, 0.29) is 11.8 Å². The van der Waals surface area contributed by atoms with E-state index in [4.69, 9.17) is 4.42 Å². The van der Waals surface area contributed by atoms with Crippen molar-refractivity contribution in [1.29, 1.82) is 0 Å². The van der Waals surface area contributed by atoms with Crippen molar-refractivity contribution < 1.29 is 9.21 Å². The van der Waals surface area contributed by atoms with Gasteiger partial charge in [-0.25, -0.2) is 4.98 Å². The van der Waals surface area contributed by atoms with Crippen LogP contribution in [0, 0.1) is 12.8 Å². The molecule has 0 unspecified atom stereocenters. The molecule has 0 saturated carbocycles. The monoisotopic (exact) mass is 300 g/mol. The molecule has 1 aromatic carbocycles. The zero-order valence-corrected chi connectivity index (χ0v) is 13.6. The standard InChI is InChI=1S/C18H24N2O2/c1-4-14(5-2)17(21)19-12-11-16-13(3)22-18(20-16)15-9-7-6-8-10-15/h6-10,14H,4-5,11-12H2,1-3H3,(H,19,21). The van der Waals surface area contributed by atoms with Gasteiger partial charge in [0, 0.05) is 24.4 Å². The first kappa shape index (κ1) is 16.3. The summed E-state index contributed by atoms with van der Waals surface area (Å²) in [5.41, 5.74) is 1.88. The number of aryl methyl sites for hydroxylation is 1. The Morgan fingerprint density at radius 1 is 1.23 bits per heavy atom. The maximum atomic E-state index is 12.0. The topological polar surface area (TPSA) is 55.1 Å². The summed E-state index contributed by atoms with van der Waals surface area (Å²) < 4.78 is 5.72. The summed E-state index contributed by atoms with van der Waals surface area (Å²) in [7, 11) is 0. The van der Waals surface area contributed by atoms with Crippen LogP contribution in [0.25, 0.3) is 11.5 Å². The molecule has 0 aliphatic rings. The largest absolute Gasteiger partial charge is 0.441 e. The van der Waals surface area contributed by atoms with Crippen LogP contribution in [0.15, 0.2) is 34.7 Å². The van der Waals surface area contributed by atoms with Crippen LogP contribution in [-0.2, 0) is 11.2 Å². The Balaban J connectivity index is 1.94. The van der Waals surface area contributed by atoms with Crippen molar-refractivity contribution in [3.8, 4) is 11.5 Å². The van der Waals surface area contributed by atoms with E-state index in [1.165, 1.54) is 0 Å². The molecule has 1 amide bonds. The molecule has 0 atom stereocenters. The number of carbonyl (C=O) groups is 1. The first-order valence-corrected chi connectivity index (χ1v) is 7.95. The minimum absolute atomic E-state index is 0.110. The molecule has 1 aromatic heterocycles. The molecule has 4 nitrogen and oxygen atoms in total. The molecule has 2 aromatic rings. The molecule has 22 heavy (non-hydrogen) atoms. The van der Waals surface area contributed by atoms with Crippen LogP contribution < -0.4 is 5.32 Å². The van der Waals surface area contributed by atoms with Crippen molar-refractivity contribution in [3.63, 3.8) is 0 Å². The molecule has 1 N–H and O–H groups in total. The lowest BCUT2D eigenvalue weighted by Crippen LogP contribution is -2.31. The molecular weight excluding hydrogens is 276 g/mol. The third kappa shape index (κ3) is 3.97. The number of hydrogen-bond acceptors (Lipinski definition) is 3. The van der Waals surface area contributed by atoms with Gasteiger partial charge in [0.1, 0.15) is 5.76 Å². The first-order valence-electron chi connectivity index (χ1n) is 7.95. The Morgan fingerprint density at radius 2 is 1.91 bits per heavy atom. The maximum absolute atomic E-state index is 12.0. The predicted molar refractivity (Wildman–Crippen MR) is 87.5 cm³/mol. The second kappa shape index (κ2) is 7.78. The molecule has 118 valence electrons. The highest BCUT2D eigenvalue weighted by atomic mass is 16.4.